The minimum absolute atomic E-state index is 0.158. The molecule has 3 aromatic carbocycles. The van der Waals surface area contributed by atoms with Gasteiger partial charge in [-0.05, 0) is 49.4 Å². The molecule has 0 bridgehead atoms. The van der Waals surface area contributed by atoms with E-state index in [9.17, 15) is 9.59 Å². The highest BCUT2D eigenvalue weighted by Gasteiger charge is 2.20. The van der Waals surface area contributed by atoms with Crippen LogP contribution in [0.4, 0.5) is 11.4 Å². The number of nitrogens with one attached hydrogen (secondary N) is 1. The molecule has 0 unspecified atom stereocenters. The first-order valence-corrected chi connectivity index (χ1v) is 9.42. The molecule has 27 heavy (non-hydrogen) atoms. The smallest absolute Gasteiger partial charge is 0.260 e. The molecular weight excluding hydrogens is 404 g/mol. The Labute approximate surface area is 167 Å². The van der Waals surface area contributed by atoms with Crippen LogP contribution in [-0.2, 0) is 0 Å². The van der Waals surface area contributed by atoms with Crippen LogP contribution in [0.15, 0.2) is 83.3 Å². The number of para-hydroxylation sites is 2. The van der Waals surface area contributed by atoms with Crippen molar-refractivity contribution in [3.05, 3.63) is 94.5 Å². The van der Waals surface area contributed by atoms with Gasteiger partial charge in [0.25, 0.3) is 11.8 Å². The summed E-state index contributed by atoms with van der Waals surface area (Å²) in [5.41, 5.74) is 2.27. The molecule has 0 saturated heterocycles. The van der Waals surface area contributed by atoms with E-state index in [1.807, 2.05) is 43.3 Å². The fourth-order valence-electron chi connectivity index (χ4n) is 2.80. The van der Waals surface area contributed by atoms with Gasteiger partial charge in [0.2, 0.25) is 0 Å². The molecular formula is C22H19BrN2O2. The van der Waals surface area contributed by atoms with Gasteiger partial charge in [0.05, 0.1) is 11.3 Å². The molecule has 3 rings (SSSR count). The lowest BCUT2D eigenvalue weighted by Crippen LogP contribution is -2.31. The maximum absolute atomic E-state index is 13.1. The van der Waals surface area contributed by atoms with E-state index in [4.69, 9.17) is 0 Å². The van der Waals surface area contributed by atoms with Gasteiger partial charge in [0, 0.05) is 22.3 Å². The molecule has 2 amide bonds. The molecule has 0 aliphatic heterocycles. The molecule has 0 atom stereocenters. The highest BCUT2D eigenvalue weighted by Crippen LogP contribution is 2.22. The number of halogens is 1. The Balaban J connectivity index is 1.89. The van der Waals surface area contributed by atoms with Crippen LogP contribution in [0.25, 0.3) is 0 Å². The first-order valence-electron chi connectivity index (χ1n) is 8.63. The minimum Gasteiger partial charge on any atom is -0.321 e. The van der Waals surface area contributed by atoms with Crippen LogP contribution in [0.3, 0.4) is 0 Å². The fourth-order valence-corrected chi connectivity index (χ4v) is 3.20. The normalized spacial score (nSPS) is 10.3. The summed E-state index contributed by atoms with van der Waals surface area (Å²) in [6, 6.07) is 23.7. The summed E-state index contributed by atoms with van der Waals surface area (Å²) in [7, 11) is 0. The molecule has 0 aliphatic rings. The number of benzene rings is 3. The largest absolute Gasteiger partial charge is 0.321 e. The summed E-state index contributed by atoms with van der Waals surface area (Å²) in [6.07, 6.45) is 0. The van der Waals surface area contributed by atoms with Gasteiger partial charge in [-0.3, -0.25) is 9.59 Å². The molecule has 0 aromatic heterocycles. The topological polar surface area (TPSA) is 49.4 Å². The van der Waals surface area contributed by atoms with E-state index in [0.29, 0.717) is 23.4 Å². The lowest BCUT2D eigenvalue weighted by molar-refractivity contribution is 0.0989. The minimum atomic E-state index is -0.265. The second-order valence-electron chi connectivity index (χ2n) is 5.90. The Morgan fingerprint density at radius 2 is 1.63 bits per heavy atom. The molecule has 3 aromatic rings. The van der Waals surface area contributed by atoms with Crippen molar-refractivity contribution >= 4 is 39.1 Å². The average Bonchev–Trinajstić information content (AvgIpc) is 2.69. The van der Waals surface area contributed by atoms with Crippen molar-refractivity contribution in [2.75, 3.05) is 16.8 Å². The highest BCUT2D eigenvalue weighted by molar-refractivity contribution is 9.10. The summed E-state index contributed by atoms with van der Waals surface area (Å²) >= 11 is 3.37. The molecule has 0 heterocycles. The second-order valence-corrected chi connectivity index (χ2v) is 6.81. The quantitative estimate of drug-likeness (QED) is 0.600. The predicted octanol–water partition coefficient (Wildman–Crippen LogP) is 5.37. The maximum Gasteiger partial charge on any atom is 0.260 e. The third-order valence-electron chi connectivity index (χ3n) is 4.12. The standard InChI is InChI=1S/C22H19BrN2O2/c1-2-25(18-11-4-3-5-12-18)22(27)19-13-6-7-14-20(19)24-21(26)16-9-8-10-17(23)15-16/h3-15H,2H2,1H3,(H,24,26). The summed E-state index contributed by atoms with van der Waals surface area (Å²) < 4.78 is 0.820. The zero-order chi connectivity index (χ0) is 19.2. The zero-order valence-electron chi connectivity index (χ0n) is 14.9. The zero-order valence-corrected chi connectivity index (χ0v) is 16.4. The Bertz CT molecular complexity index is 957. The number of carbonyl (C=O) groups is 2. The van der Waals surface area contributed by atoms with E-state index < -0.39 is 0 Å². The average molecular weight is 423 g/mol. The SMILES string of the molecule is CCN(C(=O)c1ccccc1NC(=O)c1cccc(Br)c1)c1ccccc1. The van der Waals surface area contributed by atoms with Gasteiger partial charge in [-0.1, -0.05) is 52.3 Å². The third kappa shape index (κ3) is 4.44. The van der Waals surface area contributed by atoms with Crippen molar-refractivity contribution in [2.24, 2.45) is 0 Å². The number of rotatable bonds is 5. The van der Waals surface area contributed by atoms with Gasteiger partial charge in [0.15, 0.2) is 0 Å². The Morgan fingerprint density at radius 1 is 0.926 bits per heavy atom. The van der Waals surface area contributed by atoms with Gasteiger partial charge in [0.1, 0.15) is 0 Å². The number of anilines is 2. The van der Waals surface area contributed by atoms with E-state index in [1.165, 1.54) is 0 Å². The van der Waals surface area contributed by atoms with Crippen molar-refractivity contribution in [1.29, 1.82) is 0 Å². The summed E-state index contributed by atoms with van der Waals surface area (Å²) in [5.74, 6) is -0.423. The van der Waals surface area contributed by atoms with Crippen LogP contribution >= 0.6 is 15.9 Å². The van der Waals surface area contributed by atoms with Crippen LogP contribution in [0.1, 0.15) is 27.6 Å². The molecule has 0 aliphatic carbocycles. The third-order valence-corrected chi connectivity index (χ3v) is 4.61. The lowest BCUT2D eigenvalue weighted by Gasteiger charge is -2.22. The molecule has 0 saturated carbocycles. The molecule has 136 valence electrons. The van der Waals surface area contributed by atoms with E-state index >= 15 is 0 Å². The van der Waals surface area contributed by atoms with Gasteiger partial charge >= 0.3 is 0 Å². The van der Waals surface area contributed by atoms with Crippen molar-refractivity contribution in [3.63, 3.8) is 0 Å². The van der Waals surface area contributed by atoms with Crippen LogP contribution in [0.2, 0.25) is 0 Å². The van der Waals surface area contributed by atoms with E-state index in [1.54, 1.807) is 47.4 Å². The van der Waals surface area contributed by atoms with Crippen LogP contribution in [0, 0.1) is 0 Å². The predicted molar refractivity (Wildman–Crippen MR) is 112 cm³/mol. The van der Waals surface area contributed by atoms with Crippen molar-refractivity contribution in [1.82, 2.24) is 0 Å². The van der Waals surface area contributed by atoms with Crippen LogP contribution in [0.5, 0.6) is 0 Å². The van der Waals surface area contributed by atoms with Crippen molar-refractivity contribution < 1.29 is 9.59 Å². The Hall–Kier alpha value is -2.92. The first kappa shape index (κ1) is 18.9. The number of hydrogen-bond donors (Lipinski definition) is 1. The number of amides is 2. The lowest BCUT2D eigenvalue weighted by atomic mass is 10.1. The summed E-state index contributed by atoms with van der Waals surface area (Å²) in [4.78, 5) is 27.4. The van der Waals surface area contributed by atoms with Crippen LogP contribution < -0.4 is 10.2 Å². The van der Waals surface area contributed by atoms with Gasteiger partial charge < -0.3 is 10.2 Å². The van der Waals surface area contributed by atoms with Crippen LogP contribution in [-0.4, -0.2) is 18.4 Å². The molecule has 0 fully saturated rings. The summed E-state index contributed by atoms with van der Waals surface area (Å²) in [6.45, 7) is 2.45. The molecule has 0 spiro atoms. The van der Waals surface area contributed by atoms with Gasteiger partial charge in [-0.25, -0.2) is 0 Å². The van der Waals surface area contributed by atoms with Crippen molar-refractivity contribution in [3.8, 4) is 0 Å². The number of carbonyl (C=O) groups excluding carboxylic acids is 2. The first-order chi connectivity index (χ1) is 13.1. The molecule has 5 heteroatoms. The highest BCUT2D eigenvalue weighted by atomic mass is 79.9. The monoisotopic (exact) mass is 422 g/mol. The maximum atomic E-state index is 13.1. The Kier molecular flexibility index (Phi) is 6.04. The van der Waals surface area contributed by atoms with Gasteiger partial charge in [-0.2, -0.15) is 0 Å². The van der Waals surface area contributed by atoms with E-state index in [-0.39, 0.29) is 11.8 Å². The molecule has 0 radical (unpaired) electrons. The van der Waals surface area contributed by atoms with Gasteiger partial charge in [-0.15, -0.1) is 0 Å². The fraction of sp³-hybridized carbons (Fsp3) is 0.0909. The second kappa shape index (κ2) is 8.64. The van der Waals surface area contributed by atoms with E-state index in [2.05, 4.69) is 21.2 Å². The summed E-state index contributed by atoms with van der Waals surface area (Å²) in [5, 5.41) is 2.86. The Morgan fingerprint density at radius 3 is 2.33 bits per heavy atom. The number of nitrogens with zero attached hydrogens (tertiary/aromatic N) is 1. The number of hydrogen-bond acceptors (Lipinski definition) is 2. The molecule has 4 nitrogen and oxygen atoms in total. The van der Waals surface area contributed by atoms with E-state index in [0.717, 1.165) is 10.2 Å². The molecule has 1 N–H and O–H groups in total. The van der Waals surface area contributed by atoms with Crippen molar-refractivity contribution in [2.45, 2.75) is 6.92 Å².